The van der Waals surface area contributed by atoms with Gasteiger partial charge in [0.15, 0.2) is 5.79 Å². The third kappa shape index (κ3) is 6.37. The molecule has 2 aliphatic heterocycles. The van der Waals surface area contributed by atoms with Gasteiger partial charge in [-0.05, 0) is 53.9 Å². The van der Waals surface area contributed by atoms with E-state index in [1.54, 1.807) is 25.7 Å². The molecule has 0 N–H and O–H groups in total. The average molecular weight is 394 g/mol. The van der Waals surface area contributed by atoms with Crippen LogP contribution in [0.2, 0.25) is 0 Å². The molecule has 0 aromatic rings. The van der Waals surface area contributed by atoms with Gasteiger partial charge in [0.1, 0.15) is 5.60 Å². The van der Waals surface area contributed by atoms with Crippen molar-refractivity contribution in [3.05, 3.63) is 0 Å². The van der Waals surface area contributed by atoms with Crippen LogP contribution < -0.4 is 0 Å². The Morgan fingerprint density at radius 1 is 1.31 bits per heavy atom. The van der Waals surface area contributed by atoms with Crippen molar-refractivity contribution in [3.63, 3.8) is 0 Å². The van der Waals surface area contributed by atoms with Gasteiger partial charge < -0.3 is 19.1 Å². The number of ether oxygens (including phenoxy) is 3. The van der Waals surface area contributed by atoms with E-state index in [0.29, 0.717) is 32.4 Å². The topological polar surface area (TPSA) is 91.4 Å². The molecular weight excluding hydrogens is 362 g/mol. The van der Waals surface area contributed by atoms with Gasteiger partial charge in [0, 0.05) is 6.54 Å². The maximum absolute atomic E-state index is 12.7. The van der Waals surface area contributed by atoms with Crippen LogP contribution in [0.3, 0.4) is 0 Å². The molecule has 8 nitrogen and oxygen atoms in total. The van der Waals surface area contributed by atoms with Crippen molar-refractivity contribution < 1.29 is 31.6 Å². The molecule has 152 valence electrons. The molecule has 1 unspecified atom stereocenters. The predicted octanol–water partition coefficient (Wildman–Crippen LogP) is 2.27. The van der Waals surface area contributed by atoms with Crippen LogP contribution in [-0.2, 0) is 28.5 Å². The molecule has 0 spiro atoms. The van der Waals surface area contributed by atoms with E-state index in [1.807, 2.05) is 13.8 Å². The van der Waals surface area contributed by atoms with Gasteiger partial charge in [-0.15, -0.1) is 0 Å². The number of hydrogen-bond acceptors (Lipinski definition) is 7. The van der Waals surface area contributed by atoms with Crippen molar-refractivity contribution in [1.82, 2.24) is 4.90 Å². The standard InChI is InChI=1S/C17H31NO7S/c1-16(2,3)24-15(19)18-9-7-8-14(25-26(6,20)21)13(18)10-12-11-22-17(4,5)23-12/h12-14H,7-11H2,1-6H3/t12?,13-,14-/m0/s1. The summed E-state index contributed by atoms with van der Waals surface area (Å²) < 4.78 is 45.6. The van der Waals surface area contributed by atoms with Crippen LogP contribution in [-0.4, -0.2) is 68.5 Å². The Balaban J connectivity index is 2.19. The molecule has 1 amide bonds. The molecule has 9 heteroatoms. The molecular formula is C17H31NO7S. The summed E-state index contributed by atoms with van der Waals surface area (Å²) in [6, 6.07) is -0.462. The lowest BCUT2D eigenvalue weighted by Gasteiger charge is -2.41. The zero-order chi connectivity index (χ0) is 19.8. The van der Waals surface area contributed by atoms with Crippen molar-refractivity contribution in [2.24, 2.45) is 0 Å². The first kappa shape index (κ1) is 21.4. The number of carbonyl (C=O) groups excluding carboxylic acids is 1. The first-order valence-corrected chi connectivity index (χ1v) is 10.8. The Morgan fingerprint density at radius 2 is 1.96 bits per heavy atom. The Labute approximate surface area is 156 Å². The molecule has 0 bridgehead atoms. The van der Waals surface area contributed by atoms with E-state index in [4.69, 9.17) is 18.4 Å². The van der Waals surface area contributed by atoms with Gasteiger partial charge in [-0.1, -0.05) is 0 Å². The third-order valence-corrected chi connectivity index (χ3v) is 4.81. The Bertz CT molecular complexity index is 611. The minimum absolute atomic E-state index is 0.247. The molecule has 2 saturated heterocycles. The minimum atomic E-state index is -3.65. The molecule has 0 aliphatic carbocycles. The van der Waals surface area contributed by atoms with Crippen molar-refractivity contribution in [2.45, 2.75) is 83.5 Å². The molecule has 0 aromatic heterocycles. The maximum atomic E-state index is 12.7. The second-order valence-electron chi connectivity index (χ2n) is 8.41. The van der Waals surface area contributed by atoms with Crippen molar-refractivity contribution in [2.75, 3.05) is 19.4 Å². The zero-order valence-corrected chi connectivity index (χ0v) is 17.3. The van der Waals surface area contributed by atoms with Gasteiger partial charge in [-0.3, -0.25) is 4.18 Å². The van der Waals surface area contributed by atoms with Crippen LogP contribution in [0.15, 0.2) is 0 Å². The Hall–Kier alpha value is -0.900. The van der Waals surface area contributed by atoms with E-state index < -0.39 is 39.7 Å². The molecule has 0 aromatic carbocycles. The summed E-state index contributed by atoms with van der Waals surface area (Å²) in [5, 5.41) is 0. The summed E-state index contributed by atoms with van der Waals surface area (Å²) in [6.45, 7) is 9.91. The highest BCUT2D eigenvalue weighted by atomic mass is 32.2. The second kappa shape index (κ2) is 7.61. The highest BCUT2D eigenvalue weighted by Gasteiger charge is 2.43. The van der Waals surface area contributed by atoms with E-state index in [0.717, 1.165) is 6.26 Å². The number of likely N-dealkylation sites (tertiary alicyclic amines) is 1. The SMILES string of the molecule is CC(C)(C)OC(=O)N1CCC[C@H](OS(C)(=O)=O)[C@@H]1CC1COC(C)(C)O1. The van der Waals surface area contributed by atoms with Crippen molar-refractivity contribution in [3.8, 4) is 0 Å². The van der Waals surface area contributed by atoms with E-state index in [1.165, 1.54) is 0 Å². The fourth-order valence-electron chi connectivity index (χ4n) is 3.33. The second-order valence-corrected chi connectivity index (χ2v) is 10.0. The van der Waals surface area contributed by atoms with Crippen LogP contribution in [0.4, 0.5) is 4.79 Å². The van der Waals surface area contributed by atoms with Crippen LogP contribution >= 0.6 is 0 Å². The van der Waals surface area contributed by atoms with Crippen molar-refractivity contribution in [1.29, 1.82) is 0 Å². The quantitative estimate of drug-likeness (QED) is 0.677. The van der Waals surface area contributed by atoms with Crippen LogP contribution in [0, 0.1) is 0 Å². The summed E-state index contributed by atoms with van der Waals surface area (Å²) in [5.74, 6) is -0.691. The largest absolute Gasteiger partial charge is 0.444 e. The highest BCUT2D eigenvalue weighted by molar-refractivity contribution is 7.86. The number of rotatable bonds is 4. The lowest BCUT2D eigenvalue weighted by Crippen LogP contribution is -2.54. The predicted molar refractivity (Wildman–Crippen MR) is 95.2 cm³/mol. The lowest BCUT2D eigenvalue weighted by molar-refractivity contribution is -0.142. The zero-order valence-electron chi connectivity index (χ0n) is 16.5. The molecule has 2 aliphatic rings. The average Bonchev–Trinajstić information content (AvgIpc) is 2.76. The van der Waals surface area contributed by atoms with E-state index in [9.17, 15) is 13.2 Å². The Kier molecular flexibility index (Phi) is 6.27. The first-order chi connectivity index (χ1) is 11.8. The Morgan fingerprint density at radius 3 is 2.46 bits per heavy atom. The van der Waals surface area contributed by atoms with Gasteiger partial charge in [-0.25, -0.2) is 4.79 Å². The summed E-state index contributed by atoms with van der Waals surface area (Å²) in [4.78, 5) is 14.2. The van der Waals surface area contributed by atoms with Gasteiger partial charge >= 0.3 is 6.09 Å². The van der Waals surface area contributed by atoms with Gasteiger partial charge in [0.25, 0.3) is 10.1 Å². The lowest BCUT2D eigenvalue weighted by atomic mass is 9.94. The van der Waals surface area contributed by atoms with E-state index in [-0.39, 0.29) is 6.10 Å². The van der Waals surface area contributed by atoms with Crippen LogP contribution in [0.25, 0.3) is 0 Å². The number of piperidine rings is 1. The summed E-state index contributed by atoms with van der Waals surface area (Å²) >= 11 is 0. The monoisotopic (exact) mass is 393 g/mol. The molecule has 2 heterocycles. The van der Waals surface area contributed by atoms with Gasteiger partial charge in [0.05, 0.1) is 31.1 Å². The fourth-order valence-corrected chi connectivity index (χ4v) is 4.01. The number of amides is 1. The van der Waals surface area contributed by atoms with Gasteiger partial charge in [0.2, 0.25) is 0 Å². The number of hydrogen-bond donors (Lipinski definition) is 0. The molecule has 0 radical (unpaired) electrons. The number of carbonyl (C=O) groups is 1. The van der Waals surface area contributed by atoms with Crippen LogP contribution in [0.1, 0.15) is 53.9 Å². The fraction of sp³-hybridized carbons (Fsp3) is 0.941. The summed E-state index contributed by atoms with van der Waals surface area (Å²) in [6.07, 6.45) is 1.29. The van der Waals surface area contributed by atoms with E-state index in [2.05, 4.69) is 0 Å². The first-order valence-electron chi connectivity index (χ1n) is 8.95. The smallest absolute Gasteiger partial charge is 0.410 e. The molecule has 26 heavy (non-hydrogen) atoms. The highest BCUT2D eigenvalue weighted by Crippen LogP contribution is 2.31. The van der Waals surface area contributed by atoms with Crippen LogP contribution in [0.5, 0.6) is 0 Å². The number of nitrogens with zero attached hydrogens (tertiary/aromatic N) is 1. The van der Waals surface area contributed by atoms with Gasteiger partial charge in [-0.2, -0.15) is 8.42 Å². The summed E-state index contributed by atoms with van der Waals surface area (Å²) in [7, 11) is -3.65. The molecule has 0 saturated carbocycles. The normalized spacial score (nSPS) is 29.6. The summed E-state index contributed by atoms with van der Waals surface area (Å²) in [5.41, 5.74) is -0.638. The molecule has 2 rings (SSSR count). The molecule has 3 atom stereocenters. The minimum Gasteiger partial charge on any atom is -0.444 e. The third-order valence-electron chi connectivity index (χ3n) is 4.22. The van der Waals surface area contributed by atoms with E-state index >= 15 is 0 Å². The molecule has 2 fully saturated rings. The van der Waals surface area contributed by atoms with Crippen molar-refractivity contribution >= 4 is 16.2 Å². The maximum Gasteiger partial charge on any atom is 0.410 e.